The van der Waals surface area contributed by atoms with Gasteiger partial charge >= 0.3 is 0 Å². The minimum atomic E-state index is -0.518. The Bertz CT molecular complexity index is 545. The van der Waals surface area contributed by atoms with Gasteiger partial charge in [0.15, 0.2) is 6.61 Å². The van der Waals surface area contributed by atoms with E-state index in [1.165, 1.54) is 0 Å². The van der Waals surface area contributed by atoms with Gasteiger partial charge in [-0.1, -0.05) is 19.1 Å². The van der Waals surface area contributed by atoms with Crippen LogP contribution < -0.4 is 21.1 Å². The van der Waals surface area contributed by atoms with Crippen LogP contribution in [0.3, 0.4) is 0 Å². The summed E-state index contributed by atoms with van der Waals surface area (Å²) in [6.45, 7) is 3.18. The molecule has 1 aromatic carbocycles. The molecule has 1 fully saturated rings. The Labute approximate surface area is 142 Å². The maximum atomic E-state index is 12.4. The van der Waals surface area contributed by atoms with Crippen LogP contribution in [0.15, 0.2) is 24.3 Å². The van der Waals surface area contributed by atoms with Crippen LogP contribution in [0.25, 0.3) is 0 Å². The Morgan fingerprint density at radius 3 is 2.83 bits per heavy atom. The second kappa shape index (κ2) is 8.74. The molecule has 0 spiro atoms. The Morgan fingerprint density at radius 2 is 2.22 bits per heavy atom. The lowest BCUT2D eigenvalue weighted by Crippen LogP contribution is -2.52. The van der Waals surface area contributed by atoms with Crippen LogP contribution in [0.5, 0.6) is 5.75 Å². The van der Waals surface area contributed by atoms with Crippen molar-refractivity contribution in [1.82, 2.24) is 10.6 Å². The summed E-state index contributed by atoms with van der Waals surface area (Å²) in [7, 11) is 0. The minimum Gasteiger partial charge on any atom is -0.484 e. The molecule has 7 heteroatoms. The van der Waals surface area contributed by atoms with E-state index in [2.05, 4.69) is 10.6 Å². The third-order valence-electron chi connectivity index (χ3n) is 4.01. The molecule has 0 bridgehead atoms. The van der Waals surface area contributed by atoms with Crippen LogP contribution in [0.4, 0.5) is 0 Å². The Balaban J connectivity index is 0.00000264. The summed E-state index contributed by atoms with van der Waals surface area (Å²) in [6, 6.07) is 7.27. The number of carbonyl (C=O) groups is 2. The molecular weight excluding hydrogens is 318 g/mol. The van der Waals surface area contributed by atoms with Crippen molar-refractivity contribution in [3.05, 3.63) is 29.8 Å². The fourth-order valence-electron chi connectivity index (χ4n) is 2.71. The van der Waals surface area contributed by atoms with Gasteiger partial charge in [-0.05, 0) is 43.5 Å². The first kappa shape index (κ1) is 19.3. The zero-order valence-corrected chi connectivity index (χ0v) is 14.1. The van der Waals surface area contributed by atoms with Gasteiger partial charge in [0.1, 0.15) is 5.75 Å². The molecule has 1 aliphatic heterocycles. The highest BCUT2D eigenvalue weighted by atomic mass is 35.5. The molecular formula is C16H24ClN3O3. The van der Waals surface area contributed by atoms with E-state index in [4.69, 9.17) is 10.5 Å². The van der Waals surface area contributed by atoms with Crippen molar-refractivity contribution in [2.24, 2.45) is 5.73 Å². The Hall–Kier alpha value is -1.79. The van der Waals surface area contributed by atoms with Crippen molar-refractivity contribution in [2.45, 2.75) is 38.3 Å². The molecule has 2 amide bonds. The number of ether oxygens (including phenoxy) is 1. The second-order valence-electron chi connectivity index (χ2n) is 5.55. The van der Waals surface area contributed by atoms with Crippen LogP contribution in [0, 0.1) is 0 Å². The molecule has 1 heterocycles. The van der Waals surface area contributed by atoms with E-state index in [1.54, 1.807) is 12.1 Å². The highest BCUT2D eigenvalue weighted by Crippen LogP contribution is 2.23. The molecule has 0 aromatic heterocycles. The zero-order valence-electron chi connectivity index (χ0n) is 13.3. The summed E-state index contributed by atoms with van der Waals surface area (Å²) < 4.78 is 5.26. The summed E-state index contributed by atoms with van der Waals surface area (Å²) in [5.74, 6) is 0.0848. The second-order valence-corrected chi connectivity index (χ2v) is 5.55. The molecule has 23 heavy (non-hydrogen) atoms. The van der Waals surface area contributed by atoms with Gasteiger partial charge in [0.25, 0.3) is 5.91 Å². The predicted molar refractivity (Wildman–Crippen MR) is 90.5 cm³/mol. The molecule has 0 radical (unpaired) electrons. The van der Waals surface area contributed by atoms with Crippen LogP contribution in [0.2, 0.25) is 0 Å². The fourth-order valence-corrected chi connectivity index (χ4v) is 2.71. The molecule has 1 unspecified atom stereocenters. The van der Waals surface area contributed by atoms with E-state index >= 15 is 0 Å². The molecule has 1 aliphatic rings. The number of carbonyl (C=O) groups excluding carboxylic acids is 2. The van der Waals surface area contributed by atoms with Gasteiger partial charge in [-0.25, -0.2) is 0 Å². The molecule has 1 atom stereocenters. The average Bonchev–Trinajstić information content (AvgIpc) is 3.01. The van der Waals surface area contributed by atoms with Gasteiger partial charge in [-0.3, -0.25) is 9.59 Å². The van der Waals surface area contributed by atoms with E-state index in [0.717, 1.165) is 31.4 Å². The smallest absolute Gasteiger partial charge is 0.255 e. The maximum Gasteiger partial charge on any atom is 0.255 e. The number of amides is 2. The van der Waals surface area contributed by atoms with E-state index in [9.17, 15) is 9.59 Å². The largest absolute Gasteiger partial charge is 0.484 e. The predicted octanol–water partition coefficient (Wildman–Crippen LogP) is 1.12. The van der Waals surface area contributed by atoms with Crippen LogP contribution in [0.1, 0.15) is 31.7 Å². The van der Waals surface area contributed by atoms with E-state index in [0.29, 0.717) is 12.3 Å². The number of benzene rings is 1. The van der Waals surface area contributed by atoms with Crippen LogP contribution in [-0.4, -0.2) is 30.5 Å². The summed E-state index contributed by atoms with van der Waals surface area (Å²) in [4.78, 5) is 23.1. The molecule has 128 valence electrons. The fraction of sp³-hybridized carbons (Fsp3) is 0.500. The first-order chi connectivity index (χ1) is 10.6. The molecule has 4 N–H and O–H groups in total. The van der Waals surface area contributed by atoms with Gasteiger partial charge in [0.2, 0.25) is 5.91 Å². The summed E-state index contributed by atoms with van der Waals surface area (Å²) in [6.07, 6.45) is 2.68. The minimum absolute atomic E-state index is 0. The van der Waals surface area contributed by atoms with Gasteiger partial charge in [-0.15, -0.1) is 12.4 Å². The average molecular weight is 342 g/mol. The molecule has 1 aromatic rings. The van der Waals surface area contributed by atoms with Crippen molar-refractivity contribution in [1.29, 1.82) is 0 Å². The number of rotatable bonds is 7. The Morgan fingerprint density at radius 1 is 1.43 bits per heavy atom. The lowest BCUT2D eigenvalue weighted by molar-refractivity contribution is -0.127. The summed E-state index contributed by atoms with van der Waals surface area (Å²) in [5.41, 5.74) is 5.53. The SMILES string of the molecule is CCC1(C(=O)NCc2cccc(OCC(N)=O)c2)CCCN1.Cl. The monoisotopic (exact) mass is 341 g/mol. The normalized spacial score (nSPS) is 19.7. The number of halogens is 1. The van der Waals surface area contributed by atoms with Crippen LogP contribution in [-0.2, 0) is 16.1 Å². The van der Waals surface area contributed by atoms with E-state index < -0.39 is 11.4 Å². The first-order valence-corrected chi connectivity index (χ1v) is 7.59. The Kier molecular flexibility index (Phi) is 7.32. The van der Waals surface area contributed by atoms with Crippen molar-refractivity contribution >= 4 is 24.2 Å². The molecule has 6 nitrogen and oxygen atoms in total. The zero-order chi connectivity index (χ0) is 16.0. The van der Waals surface area contributed by atoms with Gasteiger partial charge in [-0.2, -0.15) is 0 Å². The van der Waals surface area contributed by atoms with Crippen molar-refractivity contribution in [3.8, 4) is 5.75 Å². The first-order valence-electron chi connectivity index (χ1n) is 7.59. The lowest BCUT2D eigenvalue weighted by atomic mass is 9.93. The molecule has 2 rings (SSSR count). The number of nitrogens with two attached hydrogens (primary N) is 1. The van der Waals surface area contributed by atoms with Gasteiger partial charge in [0, 0.05) is 6.54 Å². The third-order valence-corrected chi connectivity index (χ3v) is 4.01. The van der Waals surface area contributed by atoms with E-state index in [1.807, 2.05) is 19.1 Å². The number of hydrogen-bond donors (Lipinski definition) is 3. The summed E-state index contributed by atoms with van der Waals surface area (Å²) in [5, 5.41) is 6.29. The maximum absolute atomic E-state index is 12.4. The highest BCUT2D eigenvalue weighted by Gasteiger charge is 2.38. The lowest BCUT2D eigenvalue weighted by Gasteiger charge is -2.26. The highest BCUT2D eigenvalue weighted by molar-refractivity contribution is 5.86. The number of primary amides is 1. The van der Waals surface area contributed by atoms with Crippen LogP contribution >= 0.6 is 12.4 Å². The van der Waals surface area contributed by atoms with Gasteiger partial charge in [0.05, 0.1) is 5.54 Å². The number of nitrogens with one attached hydrogen (secondary N) is 2. The van der Waals surface area contributed by atoms with Crippen molar-refractivity contribution in [3.63, 3.8) is 0 Å². The summed E-state index contributed by atoms with van der Waals surface area (Å²) >= 11 is 0. The van der Waals surface area contributed by atoms with E-state index in [-0.39, 0.29) is 24.9 Å². The van der Waals surface area contributed by atoms with Gasteiger partial charge < -0.3 is 21.1 Å². The standard InChI is InChI=1S/C16H23N3O3.ClH/c1-2-16(7-4-8-19-16)15(21)18-10-12-5-3-6-13(9-12)22-11-14(17)20;/h3,5-6,9,19H,2,4,7-8,10-11H2,1H3,(H2,17,20)(H,18,21);1H. The third kappa shape index (κ3) is 5.11. The van der Waals surface area contributed by atoms with Crippen molar-refractivity contribution in [2.75, 3.05) is 13.2 Å². The topological polar surface area (TPSA) is 93.4 Å². The quantitative estimate of drug-likeness (QED) is 0.692. The number of hydrogen-bond acceptors (Lipinski definition) is 4. The molecule has 0 saturated carbocycles. The molecule has 0 aliphatic carbocycles. The van der Waals surface area contributed by atoms with Crippen molar-refractivity contribution < 1.29 is 14.3 Å². The molecule has 1 saturated heterocycles.